The van der Waals surface area contributed by atoms with E-state index in [9.17, 15) is 13.2 Å². The van der Waals surface area contributed by atoms with Crippen molar-refractivity contribution in [3.8, 4) is 0 Å². The Morgan fingerprint density at radius 3 is 2.60 bits per heavy atom. The fourth-order valence-electron chi connectivity index (χ4n) is 2.27. The van der Waals surface area contributed by atoms with Crippen molar-refractivity contribution in [2.75, 3.05) is 5.32 Å². The number of hydrogen-bond acceptors (Lipinski definition) is 4. The van der Waals surface area contributed by atoms with Crippen LogP contribution in [0.15, 0.2) is 6.20 Å². The third-order valence-corrected chi connectivity index (χ3v) is 3.36. The molecule has 0 aromatic carbocycles. The molecule has 8 heteroatoms. The first kappa shape index (κ1) is 17.0. The molecule has 0 aliphatic heterocycles. The Bertz CT molecular complexity index is 453. The quantitative estimate of drug-likeness (QED) is 0.901. The summed E-state index contributed by atoms with van der Waals surface area (Å²) < 4.78 is 37.7. The number of halogens is 4. The van der Waals surface area contributed by atoms with E-state index in [-0.39, 0.29) is 24.5 Å². The second-order valence-corrected chi connectivity index (χ2v) is 4.75. The van der Waals surface area contributed by atoms with Gasteiger partial charge in [-0.15, -0.1) is 12.4 Å². The molecule has 1 unspecified atom stereocenters. The van der Waals surface area contributed by atoms with Gasteiger partial charge in [-0.3, -0.25) is 0 Å². The lowest BCUT2D eigenvalue weighted by Gasteiger charge is -2.19. The van der Waals surface area contributed by atoms with Crippen LogP contribution in [0.1, 0.15) is 37.6 Å². The summed E-state index contributed by atoms with van der Waals surface area (Å²) >= 11 is 0. The second kappa shape index (κ2) is 6.58. The van der Waals surface area contributed by atoms with Crippen LogP contribution < -0.4 is 11.1 Å². The summed E-state index contributed by atoms with van der Waals surface area (Å²) in [7, 11) is 0. The van der Waals surface area contributed by atoms with Gasteiger partial charge in [0.15, 0.2) is 5.69 Å². The van der Waals surface area contributed by atoms with Crippen LogP contribution in [0.5, 0.6) is 0 Å². The average Bonchev–Trinajstić information content (AvgIpc) is 2.74. The van der Waals surface area contributed by atoms with Gasteiger partial charge in [-0.1, -0.05) is 6.92 Å². The summed E-state index contributed by atoms with van der Waals surface area (Å²) in [5.74, 6) is 0.415. The van der Waals surface area contributed by atoms with Crippen LogP contribution in [0.3, 0.4) is 0 Å². The molecule has 1 aliphatic carbocycles. The SMILES string of the molecule is CCc1nc(C(F)(F)F)cnc1NC1CCC[C@@H]1N.Cl. The Labute approximate surface area is 121 Å². The molecule has 0 radical (unpaired) electrons. The van der Waals surface area contributed by atoms with Gasteiger partial charge in [0.25, 0.3) is 0 Å². The maximum absolute atomic E-state index is 12.6. The van der Waals surface area contributed by atoms with Gasteiger partial charge < -0.3 is 11.1 Å². The Balaban J connectivity index is 0.00000200. The molecule has 0 amide bonds. The molecule has 1 saturated carbocycles. The molecule has 20 heavy (non-hydrogen) atoms. The minimum absolute atomic E-state index is 0. The molecular formula is C12H18ClF3N4. The summed E-state index contributed by atoms with van der Waals surface area (Å²) in [4.78, 5) is 7.50. The monoisotopic (exact) mass is 310 g/mol. The minimum Gasteiger partial charge on any atom is -0.364 e. The number of aromatic nitrogens is 2. The van der Waals surface area contributed by atoms with Crippen molar-refractivity contribution in [2.24, 2.45) is 5.73 Å². The number of hydrogen-bond donors (Lipinski definition) is 2. The Hall–Kier alpha value is -1.08. The van der Waals surface area contributed by atoms with E-state index in [4.69, 9.17) is 5.73 Å². The molecule has 1 heterocycles. The minimum atomic E-state index is -4.46. The number of nitrogens with two attached hydrogens (primary N) is 1. The molecule has 2 atom stereocenters. The number of nitrogens with zero attached hydrogens (tertiary/aromatic N) is 2. The van der Waals surface area contributed by atoms with Crippen molar-refractivity contribution in [1.82, 2.24) is 9.97 Å². The Morgan fingerprint density at radius 2 is 2.10 bits per heavy atom. The topological polar surface area (TPSA) is 63.8 Å². The van der Waals surface area contributed by atoms with Gasteiger partial charge in [0.1, 0.15) is 5.82 Å². The fourth-order valence-corrected chi connectivity index (χ4v) is 2.27. The highest BCUT2D eigenvalue weighted by Crippen LogP contribution is 2.29. The lowest BCUT2D eigenvalue weighted by atomic mass is 10.2. The van der Waals surface area contributed by atoms with E-state index >= 15 is 0 Å². The lowest BCUT2D eigenvalue weighted by Crippen LogP contribution is -2.36. The first-order valence-electron chi connectivity index (χ1n) is 6.37. The third kappa shape index (κ3) is 3.73. The molecule has 0 spiro atoms. The highest BCUT2D eigenvalue weighted by molar-refractivity contribution is 5.85. The molecule has 1 fully saturated rings. The summed E-state index contributed by atoms with van der Waals surface area (Å²) in [6.07, 6.45) is -0.447. The zero-order valence-electron chi connectivity index (χ0n) is 11.1. The zero-order chi connectivity index (χ0) is 14.0. The summed E-state index contributed by atoms with van der Waals surface area (Å²) in [6.45, 7) is 1.75. The largest absolute Gasteiger partial charge is 0.434 e. The van der Waals surface area contributed by atoms with Crippen LogP contribution in [0.25, 0.3) is 0 Å². The third-order valence-electron chi connectivity index (χ3n) is 3.36. The maximum atomic E-state index is 12.6. The van der Waals surface area contributed by atoms with Gasteiger partial charge in [0.2, 0.25) is 0 Å². The molecule has 3 N–H and O–H groups in total. The molecule has 2 rings (SSSR count). The van der Waals surface area contributed by atoms with Crippen LogP contribution in [0.4, 0.5) is 19.0 Å². The van der Waals surface area contributed by atoms with Gasteiger partial charge in [-0.25, -0.2) is 9.97 Å². The van der Waals surface area contributed by atoms with E-state index in [0.29, 0.717) is 17.9 Å². The van der Waals surface area contributed by atoms with E-state index in [1.54, 1.807) is 6.92 Å². The van der Waals surface area contributed by atoms with Crippen molar-refractivity contribution < 1.29 is 13.2 Å². The highest BCUT2D eigenvalue weighted by atomic mass is 35.5. The van der Waals surface area contributed by atoms with Gasteiger partial charge >= 0.3 is 6.18 Å². The van der Waals surface area contributed by atoms with Crippen molar-refractivity contribution >= 4 is 18.2 Å². The number of nitrogens with one attached hydrogen (secondary N) is 1. The Kier molecular flexibility index (Phi) is 5.59. The van der Waals surface area contributed by atoms with E-state index < -0.39 is 11.9 Å². The predicted octanol–water partition coefficient (Wildman–Crippen LogP) is 2.77. The Morgan fingerprint density at radius 1 is 1.40 bits per heavy atom. The van der Waals surface area contributed by atoms with Crippen LogP contribution in [-0.2, 0) is 12.6 Å². The van der Waals surface area contributed by atoms with Crippen LogP contribution in [0, 0.1) is 0 Å². The fraction of sp³-hybridized carbons (Fsp3) is 0.667. The van der Waals surface area contributed by atoms with Gasteiger partial charge in [0.05, 0.1) is 11.9 Å². The number of rotatable bonds is 3. The average molecular weight is 311 g/mol. The van der Waals surface area contributed by atoms with Crippen LogP contribution in [-0.4, -0.2) is 22.1 Å². The van der Waals surface area contributed by atoms with Gasteiger partial charge in [-0.2, -0.15) is 13.2 Å². The van der Waals surface area contributed by atoms with E-state index in [0.717, 1.165) is 25.5 Å². The first-order valence-corrected chi connectivity index (χ1v) is 6.37. The molecule has 4 nitrogen and oxygen atoms in total. The summed E-state index contributed by atoms with van der Waals surface area (Å²) in [5.41, 5.74) is 5.30. The van der Waals surface area contributed by atoms with Gasteiger partial charge in [-0.05, 0) is 25.7 Å². The van der Waals surface area contributed by atoms with Crippen LogP contribution in [0.2, 0.25) is 0 Å². The molecule has 1 aromatic heterocycles. The normalized spacial score (nSPS) is 22.4. The molecule has 1 aliphatic rings. The highest BCUT2D eigenvalue weighted by Gasteiger charge is 2.34. The molecule has 0 bridgehead atoms. The molecule has 0 saturated heterocycles. The van der Waals surface area contributed by atoms with Gasteiger partial charge in [0, 0.05) is 12.1 Å². The maximum Gasteiger partial charge on any atom is 0.434 e. The van der Waals surface area contributed by atoms with Crippen molar-refractivity contribution in [3.05, 3.63) is 17.6 Å². The summed E-state index contributed by atoms with van der Waals surface area (Å²) in [5, 5.41) is 3.12. The van der Waals surface area contributed by atoms with E-state index in [2.05, 4.69) is 15.3 Å². The standard InChI is InChI=1S/C12H17F3N4.ClH/c1-2-8-11(19-9-5-3-4-7(9)16)17-6-10(18-8)12(13,14)15;/h6-7,9H,2-5,16H2,1H3,(H,17,19);1H/t7-,9?;/m0./s1. The van der Waals surface area contributed by atoms with Crippen molar-refractivity contribution in [1.29, 1.82) is 0 Å². The zero-order valence-corrected chi connectivity index (χ0v) is 11.9. The van der Waals surface area contributed by atoms with E-state index in [1.807, 2.05) is 0 Å². The van der Waals surface area contributed by atoms with E-state index in [1.165, 1.54) is 0 Å². The predicted molar refractivity (Wildman–Crippen MR) is 72.9 cm³/mol. The molecule has 1 aromatic rings. The van der Waals surface area contributed by atoms with Crippen LogP contribution >= 0.6 is 12.4 Å². The smallest absolute Gasteiger partial charge is 0.364 e. The van der Waals surface area contributed by atoms with Crippen molar-refractivity contribution in [2.45, 2.75) is 50.9 Å². The number of aryl methyl sites for hydroxylation is 1. The number of alkyl halides is 3. The first-order chi connectivity index (χ1) is 8.91. The number of anilines is 1. The lowest BCUT2D eigenvalue weighted by molar-refractivity contribution is -0.141. The molecule has 114 valence electrons. The second-order valence-electron chi connectivity index (χ2n) is 4.75. The summed E-state index contributed by atoms with van der Waals surface area (Å²) in [6, 6.07) is 0.0881. The van der Waals surface area contributed by atoms with Crippen molar-refractivity contribution in [3.63, 3.8) is 0 Å². The molecular weight excluding hydrogens is 293 g/mol.